The van der Waals surface area contributed by atoms with Crippen LogP contribution in [0.4, 0.5) is 0 Å². The van der Waals surface area contributed by atoms with E-state index in [9.17, 15) is 5.11 Å². The fourth-order valence-electron chi connectivity index (χ4n) is 1.41. The highest BCUT2D eigenvalue weighted by Gasteiger charge is 2.07. The van der Waals surface area contributed by atoms with Gasteiger partial charge in [-0.05, 0) is 30.5 Å². The van der Waals surface area contributed by atoms with Gasteiger partial charge < -0.3 is 5.11 Å². The predicted octanol–water partition coefficient (Wildman–Crippen LogP) is 3.81. The van der Waals surface area contributed by atoms with Gasteiger partial charge in [-0.2, -0.15) is 0 Å². The van der Waals surface area contributed by atoms with Gasteiger partial charge in [0.1, 0.15) is 5.75 Å². The SMILES string of the molecule is Cc1cc2ccc(O)c(CBr)c2s1. The molecule has 0 aliphatic carbocycles. The highest BCUT2D eigenvalue weighted by molar-refractivity contribution is 9.08. The van der Waals surface area contributed by atoms with E-state index in [0.29, 0.717) is 11.1 Å². The van der Waals surface area contributed by atoms with Crippen molar-refractivity contribution in [2.45, 2.75) is 12.3 Å². The lowest BCUT2D eigenvalue weighted by atomic mass is 10.1. The third kappa shape index (κ3) is 1.46. The Morgan fingerprint density at radius 1 is 1.46 bits per heavy atom. The zero-order valence-electron chi connectivity index (χ0n) is 7.17. The Balaban J connectivity index is 2.82. The van der Waals surface area contributed by atoms with Crippen molar-refractivity contribution < 1.29 is 5.11 Å². The van der Waals surface area contributed by atoms with Gasteiger partial charge in [0.2, 0.25) is 0 Å². The van der Waals surface area contributed by atoms with Gasteiger partial charge in [0, 0.05) is 20.5 Å². The molecule has 0 saturated carbocycles. The Bertz CT molecular complexity index is 447. The number of aromatic hydroxyl groups is 1. The van der Waals surface area contributed by atoms with Crippen LogP contribution in [0.15, 0.2) is 18.2 Å². The first-order valence-electron chi connectivity index (χ1n) is 3.99. The van der Waals surface area contributed by atoms with Gasteiger partial charge in [-0.1, -0.05) is 15.9 Å². The number of halogens is 1. The summed E-state index contributed by atoms with van der Waals surface area (Å²) in [5, 5.41) is 11.5. The van der Waals surface area contributed by atoms with Crippen LogP contribution >= 0.6 is 27.3 Å². The molecule has 0 radical (unpaired) electrons. The second-order valence-electron chi connectivity index (χ2n) is 2.97. The van der Waals surface area contributed by atoms with Crippen LogP contribution in [0.5, 0.6) is 5.75 Å². The van der Waals surface area contributed by atoms with Gasteiger partial charge >= 0.3 is 0 Å². The van der Waals surface area contributed by atoms with Crippen LogP contribution in [0.2, 0.25) is 0 Å². The van der Waals surface area contributed by atoms with Gasteiger partial charge in [0.15, 0.2) is 0 Å². The summed E-state index contributed by atoms with van der Waals surface area (Å²) in [5.41, 5.74) is 0.996. The summed E-state index contributed by atoms with van der Waals surface area (Å²) in [6.45, 7) is 2.08. The summed E-state index contributed by atoms with van der Waals surface area (Å²) in [4.78, 5) is 1.28. The van der Waals surface area contributed by atoms with Gasteiger partial charge in [-0.15, -0.1) is 11.3 Å². The molecule has 0 amide bonds. The highest BCUT2D eigenvalue weighted by atomic mass is 79.9. The quantitative estimate of drug-likeness (QED) is 0.770. The lowest BCUT2D eigenvalue weighted by molar-refractivity contribution is 0.472. The molecule has 0 bridgehead atoms. The number of benzene rings is 1. The van der Waals surface area contributed by atoms with E-state index in [4.69, 9.17) is 0 Å². The van der Waals surface area contributed by atoms with E-state index in [1.54, 1.807) is 17.4 Å². The Hall–Kier alpha value is -0.540. The van der Waals surface area contributed by atoms with Crippen LogP contribution in [0.1, 0.15) is 10.4 Å². The van der Waals surface area contributed by atoms with Gasteiger partial charge in [0.25, 0.3) is 0 Å². The fourth-order valence-corrected chi connectivity index (χ4v) is 3.21. The molecule has 1 aromatic carbocycles. The van der Waals surface area contributed by atoms with Gasteiger partial charge in [0.05, 0.1) is 0 Å². The number of phenols is 1. The molecule has 1 N–H and O–H groups in total. The molecule has 0 fully saturated rings. The molecule has 0 aliphatic heterocycles. The zero-order chi connectivity index (χ0) is 9.42. The summed E-state index contributed by atoms with van der Waals surface area (Å²) in [6, 6.07) is 5.86. The standard InChI is InChI=1S/C10H9BrOS/c1-6-4-7-2-3-9(12)8(5-11)10(7)13-6/h2-4,12H,5H2,1H3. The lowest BCUT2D eigenvalue weighted by Crippen LogP contribution is -1.78. The molecule has 68 valence electrons. The van der Waals surface area contributed by atoms with Crippen LogP contribution < -0.4 is 0 Å². The number of alkyl halides is 1. The Morgan fingerprint density at radius 2 is 2.23 bits per heavy atom. The summed E-state index contributed by atoms with van der Waals surface area (Å²) < 4.78 is 1.19. The average Bonchev–Trinajstić information content (AvgIpc) is 2.45. The van der Waals surface area contributed by atoms with Crippen LogP contribution in [0.25, 0.3) is 10.1 Å². The highest BCUT2D eigenvalue weighted by Crippen LogP contribution is 2.34. The van der Waals surface area contributed by atoms with Crippen LogP contribution in [-0.2, 0) is 5.33 Å². The minimum absolute atomic E-state index is 0.381. The second-order valence-corrected chi connectivity index (χ2v) is 4.79. The van der Waals surface area contributed by atoms with Crippen molar-refractivity contribution in [3.05, 3.63) is 28.6 Å². The first kappa shape index (κ1) is 9.03. The van der Waals surface area contributed by atoms with Crippen LogP contribution in [-0.4, -0.2) is 5.11 Å². The van der Waals surface area contributed by atoms with Crippen LogP contribution in [0.3, 0.4) is 0 Å². The number of rotatable bonds is 1. The van der Waals surface area contributed by atoms with E-state index in [2.05, 4.69) is 28.9 Å². The van der Waals surface area contributed by atoms with Crippen molar-refractivity contribution in [2.24, 2.45) is 0 Å². The molecule has 2 rings (SSSR count). The minimum atomic E-state index is 0.381. The monoisotopic (exact) mass is 256 g/mol. The van der Waals surface area contributed by atoms with Crippen LogP contribution in [0, 0.1) is 6.92 Å². The van der Waals surface area contributed by atoms with E-state index < -0.39 is 0 Å². The zero-order valence-corrected chi connectivity index (χ0v) is 9.58. The second kappa shape index (κ2) is 3.31. The van der Waals surface area contributed by atoms with Crippen molar-refractivity contribution in [2.75, 3.05) is 0 Å². The molecule has 1 aromatic heterocycles. The minimum Gasteiger partial charge on any atom is -0.508 e. The molecule has 1 nitrogen and oxygen atoms in total. The summed E-state index contributed by atoms with van der Waals surface area (Å²) in [6.07, 6.45) is 0. The van der Waals surface area contributed by atoms with Crippen molar-refractivity contribution in [3.63, 3.8) is 0 Å². The molecule has 0 atom stereocenters. The lowest BCUT2D eigenvalue weighted by Gasteiger charge is -2.00. The molecule has 0 unspecified atom stereocenters. The Kier molecular flexibility index (Phi) is 2.30. The number of phenolic OH excluding ortho intramolecular Hbond substituents is 1. The molecular weight excluding hydrogens is 248 g/mol. The van der Waals surface area contributed by atoms with E-state index >= 15 is 0 Å². The fraction of sp³-hybridized carbons (Fsp3) is 0.200. The van der Waals surface area contributed by atoms with Crippen molar-refractivity contribution in [1.82, 2.24) is 0 Å². The molecule has 2 aromatic rings. The molecule has 3 heteroatoms. The van der Waals surface area contributed by atoms with Gasteiger partial charge in [-0.25, -0.2) is 0 Å². The first-order chi connectivity index (χ1) is 6.22. The van der Waals surface area contributed by atoms with E-state index in [-0.39, 0.29) is 0 Å². The maximum atomic E-state index is 9.59. The summed E-state index contributed by atoms with van der Waals surface area (Å²) in [5.74, 6) is 0.381. The van der Waals surface area contributed by atoms with Crippen molar-refractivity contribution in [3.8, 4) is 5.75 Å². The largest absolute Gasteiger partial charge is 0.508 e. The third-order valence-corrected chi connectivity index (χ3v) is 3.71. The molecule has 0 aliphatic rings. The molecular formula is C10H9BrOS. The number of hydrogen-bond acceptors (Lipinski definition) is 2. The third-order valence-electron chi connectivity index (χ3n) is 2.02. The molecule has 13 heavy (non-hydrogen) atoms. The summed E-state index contributed by atoms with van der Waals surface area (Å²) >= 11 is 5.11. The predicted molar refractivity (Wildman–Crippen MR) is 60.9 cm³/mol. The molecule has 0 saturated heterocycles. The number of fused-ring (bicyclic) bond motifs is 1. The number of hydrogen-bond donors (Lipinski definition) is 1. The van der Waals surface area contributed by atoms with Gasteiger partial charge in [-0.3, -0.25) is 0 Å². The topological polar surface area (TPSA) is 20.2 Å². The first-order valence-corrected chi connectivity index (χ1v) is 5.93. The van der Waals surface area contributed by atoms with Crippen molar-refractivity contribution in [1.29, 1.82) is 0 Å². The average molecular weight is 257 g/mol. The molecule has 1 heterocycles. The number of thiophene rings is 1. The maximum Gasteiger partial charge on any atom is 0.121 e. The smallest absolute Gasteiger partial charge is 0.121 e. The van der Waals surface area contributed by atoms with E-state index in [1.165, 1.54) is 15.0 Å². The Morgan fingerprint density at radius 3 is 2.92 bits per heavy atom. The van der Waals surface area contributed by atoms with Crippen molar-refractivity contribution >= 4 is 37.4 Å². The Labute approximate surface area is 89.1 Å². The molecule has 0 spiro atoms. The van der Waals surface area contributed by atoms with E-state index in [0.717, 1.165) is 5.56 Å². The normalized spacial score (nSPS) is 10.9. The number of aryl methyl sites for hydroxylation is 1. The maximum absolute atomic E-state index is 9.59. The van der Waals surface area contributed by atoms with E-state index in [1.807, 2.05) is 6.07 Å². The summed E-state index contributed by atoms with van der Waals surface area (Å²) in [7, 11) is 0.